The van der Waals surface area contributed by atoms with E-state index < -0.39 is 16.1 Å². The van der Waals surface area contributed by atoms with Gasteiger partial charge in [0.2, 0.25) is 0 Å². The number of ether oxygens (including phenoxy) is 1. The minimum atomic E-state index is -0.472. The monoisotopic (exact) mass is 390 g/mol. The number of amides is 2. The number of rotatable bonds is 5. The van der Waals surface area contributed by atoms with Crippen molar-refractivity contribution in [1.29, 1.82) is 0 Å². The maximum atomic E-state index is 11.6. The van der Waals surface area contributed by atoms with Crippen LogP contribution in [0.1, 0.15) is 11.1 Å². The van der Waals surface area contributed by atoms with Crippen LogP contribution >= 0.6 is 23.4 Å². The zero-order valence-corrected chi connectivity index (χ0v) is 14.7. The molecule has 1 heterocycles. The van der Waals surface area contributed by atoms with Crippen molar-refractivity contribution in [3.63, 3.8) is 0 Å². The predicted octanol–water partition coefficient (Wildman–Crippen LogP) is 4.15. The van der Waals surface area contributed by atoms with Crippen LogP contribution in [0.2, 0.25) is 5.02 Å². The fraction of sp³-hybridized carbons (Fsp3) is 0.0588. The van der Waals surface area contributed by atoms with Gasteiger partial charge in [0.1, 0.15) is 12.4 Å². The van der Waals surface area contributed by atoms with Gasteiger partial charge in [-0.2, -0.15) is 0 Å². The molecule has 1 N–H and O–H groups in total. The SMILES string of the molecule is O=C1NC(=O)/C(=C/c2cccc(OCc3ccc([N+](=O)[O-])cc3)c2Cl)S1. The van der Waals surface area contributed by atoms with E-state index in [0.717, 1.165) is 17.3 Å². The molecular weight excluding hydrogens is 380 g/mol. The molecule has 1 fully saturated rings. The lowest BCUT2D eigenvalue weighted by Crippen LogP contribution is -2.17. The van der Waals surface area contributed by atoms with Crippen LogP contribution in [0.25, 0.3) is 6.08 Å². The van der Waals surface area contributed by atoms with Crippen LogP contribution in [0.4, 0.5) is 10.5 Å². The Morgan fingerprint density at radius 1 is 1.19 bits per heavy atom. The number of hydrogen-bond acceptors (Lipinski definition) is 6. The van der Waals surface area contributed by atoms with Gasteiger partial charge in [0.25, 0.3) is 16.8 Å². The smallest absolute Gasteiger partial charge is 0.290 e. The molecule has 1 aliphatic heterocycles. The maximum absolute atomic E-state index is 11.6. The Labute approximate surface area is 157 Å². The van der Waals surface area contributed by atoms with Crippen LogP contribution in [-0.2, 0) is 11.4 Å². The second-order valence-corrected chi connectivity index (χ2v) is 6.62. The van der Waals surface area contributed by atoms with E-state index in [-0.39, 0.29) is 17.2 Å². The van der Waals surface area contributed by atoms with Gasteiger partial charge in [-0.15, -0.1) is 0 Å². The molecule has 2 aromatic rings. The van der Waals surface area contributed by atoms with E-state index in [0.29, 0.717) is 16.3 Å². The number of halogens is 1. The number of nitrogens with one attached hydrogen (secondary N) is 1. The fourth-order valence-corrected chi connectivity index (χ4v) is 3.10. The van der Waals surface area contributed by atoms with Crippen molar-refractivity contribution in [1.82, 2.24) is 5.32 Å². The van der Waals surface area contributed by atoms with Gasteiger partial charge in [-0.05, 0) is 47.2 Å². The normalized spacial score (nSPS) is 15.2. The Hall–Kier alpha value is -2.84. The number of non-ortho nitro benzene ring substituents is 1. The average Bonchev–Trinajstić information content (AvgIpc) is 2.93. The Morgan fingerprint density at radius 3 is 2.54 bits per heavy atom. The lowest BCUT2D eigenvalue weighted by molar-refractivity contribution is -0.384. The molecule has 132 valence electrons. The Kier molecular flexibility index (Phi) is 5.24. The van der Waals surface area contributed by atoms with E-state index >= 15 is 0 Å². The van der Waals surface area contributed by atoms with Crippen molar-refractivity contribution >= 4 is 46.3 Å². The summed E-state index contributed by atoms with van der Waals surface area (Å²) in [7, 11) is 0. The van der Waals surface area contributed by atoms with Crippen LogP contribution in [0.5, 0.6) is 5.75 Å². The molecule has 9 heteroatoms. The first-order valence-electron chi connectivity index (χ1n) is 7.33. The average molecular weight is 391 g/mol. The van der Waals surface area contributed by atoms with Crippen molar-refractivity contribution in [2.75, 3.05) is 0 Å². The van der Waals surface area contributed by atoms with E-state index in [4.69, 9.17) is 16.3 Å². The third-order valence-electron chi connectivity index (χ3n) is 3.46. The summed E-state index contributed by atoms with van der Waals surface area (Å²) in [5.74, 6) is -0.0673. The molecule has 1 aliphatic rings. The Morgan fingerprint density at radius 2 is 1.92 bits per heavy atom. The minimum Gasteiger partial charge on any atom is -0.487 e. The number of nitro benzene ring substituents is 1. The number of nitrogens with zero attached hydrogens (tertiary/aromatic N) is 1. The molecule has 1 saturated heterocycles. The summed E-state index contributed by atoms with van der Waals surface area (Å²) in [5.41, 5.74) is 1.29. The van der Waals surface area contributed by atoms with E-state index in [2.05, 4.69) is 5.32 Å². The van der Waals surface area contributed by atoms with Gasteiger partial charge in [-0.25, -0.2) is 0 Å². The van der Waals surface area contributed by atoms with Gasteiger partial charge in [-0.1, -0.05) is 23.7 Å². The summed E-state index contributed by atoms with van der Waals surface area (Å²) in [6, 6.07) is 11.1. The molecule has 0 unspecified atom stereocenters. The number of hydrogen-bond donors (Lipinski definition) is 1. The molecule has 0 aromatic heterocycles. The Balaban J connectivity index is 1.75. The van der Waals surface area contributed by atoms with Gasteiger partial charge >= 0.3 is 0 Å². The van der Waals surface area contributed by atoms with Crippen molar-refractivity contribution < 1.29 is 19.2 Å². The molecule has 0 bridgehead atoms. The predicted molar refractivity (Wildman–Crippen MR) is 98.0 cm³/mol. The van der Waals surface area contributed by atoms with Gasteiger partial charge in [-0.3, -0.25) is 25.0 Å². The van der Waals surface area contributed by atoms with E-state index in [1.165, 1.54) is 18.2 Å². The summed E-state index contributed by atoms with van der Waals surface area (Å²) >= 11 is 7.12. The highest BCUT2D eigenvalue weighted by molar-refractivity contribution is 8.18. The molecule has 0 spiro atoms. The first-order chi connectivity index (χ1) is 12.4. The first kappa shape index (κ1) is 18.0. The van der Waals surface area contributed by atoms with Crippen molar-refractivity contribution in [2.45, 2.75) is 6.61 Å². The number of nitro groups is 1. The number of carbonyl (C=O) groups excluding carboxylic acids is 2. The second-order valence-electron chi connectivity index (χ2n) is 5.22. The molecule has 0 radical (unpaired) electrons. The molecule has 3 rings (SSSR count). The largest absolute Gasteiger partial charge is 0.487 e. The van der Waals surface area contributed by atoms with Crippen molar-refractivity contribution in [3.8, 4) is 5.75 Å². The van der Waals surface area contributed by atoms with Crippen LogP contribution in [0, 0.1) is 10.1 Å². The maximum Gasteiger partial charge on any atom is 0.290 e. The van der Waals surface area contributed by atoms with Gasteiger partial charge < -0.3 is 4.74 Å². The highest BCUT2D eigenvalue weighted by Crippen LogP contribution is 2.33. The summed E-state index contributed by atoms with van der Waals surface area (Å²) in [4.78, 5) is 33.3. The van der Waals surface area contributed by atoms with Gasteiger partial charge in [0, 0.05) is 12.1 Å². The van der Waals surface area contributed by atoms with Crippen molar-refractivity contribution in [2.24, 2.45) is 0 Å². The summed E-state index contributed by atoms with van der Waals surface area (Å²) in [5, 5.41) is 12.7. The molecule has 0 aliphatic carbocycles. The van der Waals surface area contributed by atoms with E-state index in [1.807, 2.05) is 0 Å². The molecule has 0 atom stereocenters. The van der Waals surface area contributed by atoms with E-state index in [9.17, 15) is 19.7 Å². The second kappa shape index (κ2) is 7.59. The third-order valence-corrected chi connectivity index (χ3v) is 4.68. The topological polar surface area (TPSA) is 98.5 Å². The number of imide groups is 1. The Bertz CT molecular complexity index is 927. The number of carbonyl (C=O) groups is 2. The number of benzene rings is 2. The minimum absolute atomic E-state index is 0.00212. The fourth-order valence-electron chi connectivity index (χ4n) is 2.19. The van der Waals surface area contributed by atoms with Crippen LogP contribution in [0.15, 0.2) is 47.4 Å². The molecule has 7 nitrogen and oxygen atoms in total. The van der Waals surface area contributed by atoms with Crippen LogP contribution < -0.4 is 10.1 Å². The standard InChI is InChI=1S/C17H11ClN2O5S/c18-15-11(8-14-16(21)19-17(22)26-14)2-1-3-13(15)25-9-10-4-6-12(7-5-10)20(23)24/h1-8H,9H2,(H,19,21,22)/b14-8-. The molecule has 2 aromatic carbocycles. The van der Waals surface area contributed by atoms with Crippen LogP contribution in [0.3, 0.4) is 0 Å². The lowest BCUT2D eigenvalue weighted by Gasteiger charge is -2.10. The van der Waals surface area contributed by atoms with Gasteiger partial charge in [0.15, 0.2) is 0 Å². The zero-order chi connectivity index (χ0) is 18.7. The van der Waals surface area contributed by atoms with E-state index in [1.54, 1.807) is 30.3 Å². The highest BCUT2D eigenvalue weighted by atomic mass is 35.5. The third kappa shape index (κ3) is 4.04. The highest BCUT2D eigenvalue weighted by Gasteiger charge is 2.25. The lowest BCUT2D eigenvalue weighted by atomic mass is 10.2. The molecule has 26 heavy (non-hydrogen) atoms. The molecular formula is C17H11ClN2O5S. The summed E-state index contributed by atoms with van der Waals surface area (Å²) in [6.45, 7) is 0.172. The molecule has 2 amide bonds. The first-order valence-corrected chi connectivity index (χ1v) is 8.53. The number of thioether (sulfide) groups is 1. The van der Waals surface area contributed by atoms with Gasteiger partial charge in [0.05, 0.1) is 14.9 Å². The summed E-state index contributed by atoms with van der Waals surface area (Å²) < 4.78 is 5.67. The van der Waals surface area contributed by atoms with Crippen molar-refractivity contribution in [3.05, 3.63) is 73.6 Å². The zero-order valence-electron chi connectivity index (χ0n) is 13.1. The summed E-state index contributed by atoms with van der Waals surface area (Å²) in [6.07, 6.45) is 1.52. The molecule has 0 saturated carbocycles. The quantitative estimate of drug-likeness (QED) is 0.467. The van der Waals surface area contributed by atoms with Crippen LogP contribution in [-0.4, -0.2) is 16.1 Å².